The molecule has 0 atom stereocenters. The van der Waals surface area contributed by atoms with Gasteiger partial charge in [0.15, 0.2) is 5.82 Å². The molecule has 0 aliphatic carbocycles. The predicted molar refractivity (Wildman–Crippen MR) is 138 cm³/mol. The van der Waals surface area contributed by atoms with Crippen molar-refractivity contribution < 1.29 is 18.0 Å². The normalized spacial score (nSPS) is 14.7. The van der Waals surface area contributed by atoms with Crippen molar-refractivity contribution >= 4 is 34.1 Å². The number of amides is 1. The molecule has 0 saturated carbocycles. The number of carbonyl (C=O) groups excluding carboxylic acids is 1. The molecule has 2 aromatic heterocycles. The van der Waals surface area contributed by atoms with Crippen molar-refractivity contribution in [3.63, 3.8) is 0 Å². The van der Waals surface area contributed by atoms with Gasteiger partial charge in [0.2, 0.25) is 5.91 Å². The zero-order chi connectivity index (χ0) is 26.5. The first-order chi connectivity index (χ1) is 18.3. The second-order valence-electron chi connectivity index (χ2n) is 9.03. The number of carbonyl (C=O) groups is 1. The fraction of sp³-hybridized carbons (Fsp3) is 0.259. The number of aromatic nitrogens is 4. The van der Waals surface area contributed by atoms with Gasteiger partial charge in [-0.15, -0.1) is 0 Å². The van der Waals surface area contributed by atoms with E-state index >= 15 is 0 Å². The smallest absolute Gasteiger partial charge is 0.261 e. The van der Waals surface area contributed by atoms with Gasteiger partial charge in [-0.25, -0.2) is 23.1 Å². The second kappa shape index (κ2) is 10.9. The lowest BCUT2D eigenvalue weighted by Crippen LogP contribution is -2.25. The van der Waals surface area contributed by atoms with Crippen LogP contribution in [0.25, 0.3) is 10.9 Å². The van der Waals surface area contributed by atoms with Gasteiger partial charge >= 0.3 is 0 Å². The van der Waals surface area contributed by atoms with Crippen LogP contribution in [-0.4, -0.2) is 56.5 Å². The molecule has 3 heterocycles. The van der Waals surface area contributed by atoms with Gasteiger partial charge in [0, 0.05) is 54.3 Å². The van der Waals surface area contributed by atoms with E-state index in [9.17, 15) is 18.0 Å². The van der Waals surface area contributed by atoms with Crippen LogP contribution in [0.1, 0.15) is 24.1 Å². The fourth-order valence-electron chi connectivity index (χ4n) is 4.19. The summed E-state index contributed by atoms with van der Waals surface area (Å²) in [5.74, 6) is 3.79. The Morgan fingerprint density at radius 1 is 1.16 bits per heavy atom. The molecule has 4 aromatic rings. The Labute approximate surface area is 216 Å². The lowest BCUT2D eigenvalue weighted by atomic mass is 10.1. The zero-order valence-corrected chi connectivity index (χ0v) is 20.3. The number of rotatable bonds is 7. The lowest BCUT2D eigenvalue weighted by Gasteiger charge is -2.13. The maximum Gasteiger partial charge on any atom is 0.261 e. The molecule has 8 nitrogen and oxygen atoms in total. The van der Waals surface area contributed by atoms with Gasteiger partial charge in [-0.2, -0.15) is 5.10 Å². The first-order valence-corrected chi connectivity index (χ1v) is 12.0. The largest absolute Gasteiger partial charge is 0.326 e. The van der Waals surface area contributed by atoms with Crippen LogP contribution < -0.4 is 10.6 Å². The third kappa shape index (κ3) is 6.46. The fourth-order valence-corrected chi connectivity index (χ4v) is 4.19. The molecular formula is C27H24F3N7O. The number of fused-ring (bicyclic) bond motifs is 1. The predicted octanol–water partition coefficient (Wildman–Crippen LogP) is 4.50. The molecule has 38 heavy (non-hydrogen) atoms. The number of benzene rings is 2. The minimum absolute atomic E-state index is 0.0257. The van der Waals surface area contributed by atoms with E-state index in [0.717, 1.165) is 10.9 Å². The van der Waals surface area contributed by atoms with E-state index in [2.05, 4.69) is 42.6 Å². The SMILES string of the molecule is O=C(Cc1cc(Nc2ncnc3cc(C#CCCN4CCC(F)(F)C4)ccc23)n[nH]1)Nc1cccc(F)c1. The van der Waals surface area contributed by atoms with E-state index in [4.69, 9.17) is 0 Å². The minimum Gasteiger partial charge on any atom is -0.326 e. The number of aromatic amines is 1. The summed E-state index contributed by atoms with van der Waals surface area (Å²) >= 11 is 0. The van der Waals surface area contributed by atoms with Gasteiger partial charge in [0.05, 0.1) is 18.5 Å². The van der Waals surface area contributed by atoms with Gasteiger partial charge in [0.25, 0.3) is 5.92 Å². The van der Waals surface area contributed by atoms with Crippen LogP contribution in [0, 0.1) is 17.7 Å². The van der Waals surface area contributed by atoms with Crippen LogP contribution in [0.2, 0.25) is 0 Å². The molecular weight excluding hydrogens is 495 g/mol. The van der Waals surface area contributed by atoms with Crippen molar-refractivity contribution in [2.75, 3.05) is 30.3 Å². The number of alkyl halides is 2. The summed E-state index contributed by atoms with van der Waals surface area (Å²) in [6.45, 7) is 0.721. The molecule has 3 N–H and O–H groups in total. The number of nitrogens with one attached hydrogen (secondary N) is 3. The van der Waals surface area contributed by atoms with E-state index in [1.54, 1.807) is 17.0 Å². The highest BCUT2D eigenvalue weighted by Gasteiger charge is 2.37. The molecule has 0 bridgehead atoms. The first kappa shape index (κ1) is 25.2. The molecule has 1 saturated heterocycles. The average Bonchev–Trinajstić information content (AvgIpc) is 3.46. The monoisotopic (exact) mass is 519 g/mol. The molecule has 1 fully saturated rings. The van der Waals surface area contributed by atoms with Crippen molar-refractivity contribution in [3.05, 3.63) is 71.9 Å². The molecule has 11 heteroatoms. The third-order valence-corrected chi connectivity index (χ3v) is 6.01. The molecule has 2 aromatic carbocycles. The maximum absolute atomic E-state index is 13.3. The summed E-state index contributed by atoms with van der Waals surface area (Å²) < 4.78 is 39.9. The number of hydrogen-bond donors (Lipinski definition) is 3. The Balaban J connectivity index is 1.19. The van der Waals surface area contributed by atoms with E-state index in [-0.39, 0.29) is 25.3 Å². The molecule has 5 rings (SSSR count). The van der Waals surface area contributed by atoms with E-state index < -0.39 is 11.7 Å². The van der Waals surface area contributed by atoms with Crippen LogP contribution in [0.15, 0.2) is 54.9 Å². The Kier molecular flexibility index (Phi) is 7.24. The van der Waals surface area contributed by atoms with Gasteiger partial charge in [-0.3, -0.25) is 14.8 Å². The van der Waals surface area contributed by atoms with Crippen LogP contribution in [0.5, 0.6) is 0 Å². The highest BCUT2D eigenvalue weighted by atomic mass is 19.3. The summed E-state index contributed by atoms with van der Waals surface area (Å²) in [6, 6.07) is 12.9. The van der Waals surface area contributed by atoms with Crippen molar-refractivity contribution in [2.24, 2.45) is 0 Å². The topological polar surface area (TPSA) is 98.8 Å². The summed E-state index contributed by atoms with van der Waals surface area (Å²) in [5, 5.41) is 13.5. The van der Waals surface area contributed by atoms with Crippen LogP contribution >= 0.6 is 0 Å². The van der Waals surface area contributed by atoms with E-state index in [0.29, 0.717) is 48.0 Å². The highest BCUT2D eigenvalue weighted by molar-refractivity contribution is 5.93. The highest BCUT2D eigenvalue weighted by Crippen LogP contribution is 2.27. The Morgan fingerprint density at radius 2 is 2.05 bits per heavy atom. The van der Waals surface area contributed by atoms with Gasteiger partial charge in [0.1, 0.15) is 18.0 Å². The van der Waals surface area contributed by atoms with Gasteiger partial charge in [-0.1, -0.05) is 17.9 Å². The number of H-pyrrole nitrogens is 1. The van der Waals surface area contributed by atoms with Crippen molar-refractivity contribution in [1.29, 1.82) is 0 Å². The number of nitrogens with zero attached hydrogens (tertiary/aromatic N) is 4. The molecule has 0 spiro atoms. The Morgan fingerprint density at radius 3 is 2.87 bits per heavy atom. The molecule has 0 unspecified atom stereocenters. The first-order valence-electron chi connectivity index (χ1n) is 12.0. The van der Waals surface area contributed by atoms with Crippen LogP contribution in [0.4, 0.5) is 30.5 Å². The Bertz CT molecular complexity index is 1530. The molecule has 1 aliphatic heterocycles. The number of hydrogen-bond acceptors (Lipinski definition) is 6. The number of halogens is 3. The summed E-state index contributed by atoms with van der Waals surface area (Å²) in [5.41, 5.74) is 2.38. The summed E-state index contributed by atoms with van der Waals surface area (Å²) in [4.78, 5) is 22.6. The van der Waals surface area contributed by atoms with Crippen LogP contribution in [0.3, 0.4) is 0 Å². The molecule has 0 radical (unpaired) electrons. The number of likely N-dealkylation sites (tertiary alicyclic amines) is 1. The van der Waals surface area contributed by atoms with Gasteiger partial charge < -0.3 is 10.6 Å². The number of anilines is 3. The van der Waals surface area contributed by atoms with Crippen LogP contribution in [-0.2, 0) is 11.2 Å². The Hall–Kier alpha value is -4.43. The quantitative estimate of drug-likeness (QED) is 0.311. The second-order valence-corrected chi connectivity index (χ2v) is 9.03. The standard InChI is InChI=1S/C27H24F3N7O/c28-19-5-3-6-20(13-19)33-25(38)15-21-14-24(36-35-21)34-26-22-8-7-18(12-23(22)31-17-32-26)4-1-2-10-37-11-9-27(29,30)16-37/h3,5-8,12-14,17H,2,9-11,15-16H2,(H,33,38)(H2,31,32,34,35,36). The van der Waals surface area contributed by atoms with E-state index in [1.807, 2.05) is 18.2 Å². The third-order valence-electron chi connectivity index (χ3n) is 6.01. The minimum atomic E-state index is -2.59. The molecule has 1 amide bonds. The molecule has 1 aliphatic rings. The van der Waals surface area contributed by atoms with E-state index in [1.165, 1.54) is 24.5 Å². The summed E-state index contributed by atoms with van der Waals surface area (Å²) in [6.07, 6.45) is 1.87. The molecule has 194 valence electrons. The average molecular weight is 520 g/mol. The van der Waals surface area contributed by atoms with Crippen molar-refractivity contribution in [2.45, 2.75) is 25.2 Å². The van der Waals surface area contributed by atoms with Gasteiger partial charge in [-0.05, 0) is 36.4 Å². The lowest BCUT2D eigenvalue weighted by molar-refractivity contribution is -0.115. The van der Waals surface area contributed by atoms with Crippen molar-refractivity contribution in [1.82, 2.24) is 25.1 Å². The van der Waals surface area contributed by atoms with Crippen molar-refractivity contribution in [3.8, 4) is 11.8 Å². The summed E-state index contributed by atoms with van der Waals surface area (Å²) in [7, 11) is 0. The zero-order valence-electron chi connectivity index (χ0n) is 20.3. The maximum atomic E-state index is 13.3.